The summed E-state index contributed by atoms with van der Waals surface area (Å²) in [6.07, 6.45) is 0. The Hall–Kier alpha value is -8.34. The van der Waals surface area contributed by atoms with Crippen molar-refractivity contribution in [3.63, 3.8) is 0 Å². The van der Waals surface area contributed by atoms with Gasteiger partial charge in [-0.1, -0.05) is 222 Å². The highest BCUT2D eigenvalue weighted by atomic mass is 15.2. The van der Waals surface area contributed by atoms with E-state index in [4.69, 9.17) is 0 Å². The molecule has 0 atom stereocenters. The third kappa shape index (κ3) is 8.50. The minimum absolute atomic E-state index is 0.000188. The second-order valence-electron chi connectivity index (χ2n) is 25.9. The third-order valence-corrected chi connectivity index (χ3v) is 17.3. The first-order chi connectivity index (χ1) is 37.8. The van der Waals surface area contributed by atoms with E-state index in [1.54, 1.807) is 0 Å². The van der Waals surface area contributed by atoms with Gasteiger partial charge in [0.2, 0.25) is 0 Å². The number of fused-ring (bicyclic) bond motifs is 7. The molecular formula is C75H70BN3. The predicted molar refractivity (Wildman–Crippen MR) is 339 cm³/mol. The van der Waals surface area contributed by atoms with E-state index in [0.29, 0.717) is 0 Å². The molecule has 3 aliphatic rings. The third-order valence-electron chi connectivity index (χ3n) is 17.3. The van der Waals surface area contributed by atoms with Gasteiger partial charge in [-0.2, -0.15) is 0 Å². The summed E-state index contributed by atoms with van der Waals surface area (Å²) in [6.45, 7) is 25.6. The Morgan fingerprint density at radius 2 is 0.873 bits per heavy atom. The van der Waals surface area contributed by atoms with Crippen LogP contribution in [0.25, 0.3) is 44.5 Å². The van der Waals surface area contributed by atoms with Gasteiger partial charge in [-0.25, -0.2) is 0 Å². The summed E-state index contributed by atoms with van der Waals surface area (Å²) in [5.41, 5.74) is 27.9. The summed E-state index contributed by atoms with van der Waals surface area (Å²) in [5.74, 6) is 0. The van der Waals surface area contributed by atoms with Gasteiger partial charge < -0.3 is 14.6 Å². The van der Waals surface area contributed by atoms with Crippen LogP contribution in [0.3, 0.4) is 0 Å². The fourth-order valence-corrected chi connectivity index (χ4v) is 12.9. The topological polar surface area (TPSA) is 9.72 Å². The monoisotopic (exact) mass is 1020 g/mol. The fraction of sp³-hybridized carbons (Fsp3) is 0.200. The van der Waals surface area contributed by atoms with Gasteiger partial charge >= 0.3 is 6.85 Å². The maximum Gasteiger partial charge on any atom is 0.333 e. The van der Waals surface area contributed by atoms with Gasteiger partial charge in [0.25, 0.3) is 0 Å². The van der Waals surface area contributed by atoms with Crippen molar-refractivity contribution in [3.05, 3.63) is 252 Å². The van der Waals surface area contributed by atoms with Crippen molar-refractivity contribution in [2.45, 2.75) is 97.8 Å². The Morgan fingerprint density at radius 1 is 0.354 bits per heavy atom. The van der Waals surface area contributed by atoms with Gasteiger partial charge in [-0.3, -0.25) is 0 Å². The van der Waals surface area contributed by atoms with Crippen LogP contribution in [-0.4, -0.2) is 6.85 Å². The number of hydrogen-bond acceptors (Lipinski definition) is 3. The number of anilines is 8. The first-order valence-electron chi connectivity index (χ1n) is 28.4. The van der Waals surface area contributed by atoms with E-state index in [2.05, 4.69) is 315 Å². The molecule has 2 aliphatic heterocycles. The molecule has 3 nitrogen and oxygen atoms in total. The Balaban J connectivity index is 1.16. The van der Waals surface area contributed by atoms with Crippen molar-refractivity contribution in [2.75, 3.05) is 14.6 Å². The average molecular weight is 1020 g/mol. The van der Waals surface area contributed by atoms with Gasteiger partial charge in [0.15, 0.2) is 0 Å². The normalized spacial score (nSPS) is 14.0. The largest absolute Gasteiger partial charge is 0.376 e. The van der Waals surface area contributed by atoms with Gasteiger partial charge in [-0.15, -0.1) is 0 Å². The molecule has 0 aromatic heterocycles. The molecule has 13 rings (SSSR count). The lowest BCUT2D eigenvalue weighted by atomic mass is 9.43. The molecule has 0 saturated heterocycles. The number of hydrogen-bond donors (Lipinski definition) is 0. The van der Waals surface area contributed by atoms with E-state index in [-0.39, 0.29) is 28.5 Å². The molecule has 0 N–H and O–H groups in total. The lowest BCUT2D eigenvalue weighted by Gasteiger charge is -2.47. The molecule has 0 bridgehead atoms. The molecule has 388 valence electrons. The van der Waals surface area contributed by atoms with Crippen LogP contribution >= 0.6 is 0 Å². The SMILES string of the molecule is CC(C)(C)c1ccc(N2B3c4cc(C(C)(C)C)ccc4N(c4ccc(C(C)(C)C)cc4)c4cc(N(c5cccc(-c6ccccc6)c5)c5cccc(-c6ccccc6)c5)cc(c43)-c3cc4c(cc32)-c2ccccc2C4(C)C)cc1. The lowest BCUT2D eigenvalue weighted by Crippen LogP contribution is -2.61. The van der Waals surface area contributed by atoms with Crippen LogP contribution in [0.2, 0.25) is 0 Å². The highest BCUT2D eigenvalue weighted by Gasteiger charge is 2.48. The summed E-state index contributed by atoms with van der Waals surface area (Å²) in [5, 5.41) is 0. The summed E-state index contributed by atoms with van der Waals surface area (Å²) >= 11 is 0. The molecule has 0 unspecified atom stereocenters. The zero-order chi connectivity index (χ0) is 54.8. The number of rotatable bonds is 7. The van der Waals surface area contributed by atoms with E-state index in [0.717, 1.165) is 22.7 Å². The molecule has 0 spiro atoms. The second-order valence-corrected chi connectivity index (χ2v) is 25.9. The Labute approximate surface area is 470 Å². The molecule has 0 saturated carbocycles. The molecule has 10 aromatic rings. The van der Waals surface area contributed by atoms with Crippen LogP contribution in [0.15, 0.2) is 224 Å². The number of nitrogens with zero attached hydrogens (tertiary/aromatic N) is 3. The Morgan fingerprint density at radius 3 is 1.44 bits per heavy atom. The van der Waals surface area contributed by atoms with Gasteiger partial charge in [-0.05, 0) is 173 Å². The summed E-state index contributed by atoms with van der Waals surface area (Å²) in [6, 6.07) is 85.4. The van der Waals surface area contributed by atoms with E-state index in [9.17, 15) is 0 Å². The van der Waals surface area contributed by atoms with Crippen molar-refractivity contribution < 1.29 is 0 Å². The minimum atomic E-state index is -0.217. The van der Waals surface area contributed by atoms with Gasteiger partial charge in [0.05, 0.1) is 0 Å². The summed E-state index contributed by atoms with van der Waals surface area (Å²) in [4.78, 5) is 7.80. The molecule has 4 heteroatoms. The van der Waals surface area contributed by atoms with E-state index in [1.807, 2.05) is 0 Å². The Bertz CT molecular complexity index is 3900. The molecular weight excluding hydrogens is 954 g/mol. The average Bonchev–Trinajstić information content (AvgIpc) is 3.26. The van der Waals surface area contributed by atoms with Crippen molar-refractivity contribution in [2.24, 2.45) is 0 Å². The molecule has 79 heavy (non-hydrogen) atoms. The maximum absolute atomic E-state index is 2.71. The first kappa shape index (κ1) is 50.2. The lowest BCUT2D eigenvalue weighted by molar-refractivity contribution is 0.590. The van der Waals surface area contributed by atoms with Gasteiger partial charge in [0, 0.05) is 56.5 Å². The predicted octanol–water partition coefficient (Wildman–Crippen LogP) is 19.4. The maximum atomic E-state index is 2.71. The van der Waals surface area contributed by atoms with E-state index in [1.165, 1.54) is 106 Å². The molecule has 10 aromatic carbocycles. The standard InChI is InChI=1S/C75H70BN3/c1-72(2,3)53-32-37-56(38-33-53)78-68-41-36-55(74(7,8)9)44-67(68)76-71-64(63-47-66-62(61-30-18-19-31-65(61)75(66,10)11)48-69(63)79(76)57-39-34-54(35-40-57)73(4,5)6)45-60(46-70(71)78)77(58-28-20-26-51(42-58)49-22-14-12-15-23-49)59-29-21-27-52(43-59)50-24-16-13-17-25-50/h12-48H,1-11H3. The first-order valence-corrected chi connectivity index (χ1v) is 28.4. The van der Waals surface area contributed by atoms with Crippen LogP contribution in [0, 0.1) is 0 Å². The summed E-state index contributed by atoms with van der Waals surface area (Å²) < 4.78 is 0. The molecule has 0 radical (unpaired) electrons. The van der Waals surface area contributed by atoms with Crippen molar-refractivity contribution in [1.82, 2.24) is 0 Å². The smallest absolute Gasteiger partial charge is 0.333 e. The van der Waals surface area contributed by atoms with Crippen LogP contribution in [0.5, 0.6) is 0 Å². The minimum Gasteiger partial charge on any atom is -0.376 e. The molecule has 1 aliphatic carbocycles. The van der Waals surface area contributed by atoms with Crippen LogP contribution < -0.4 is 25.5 Å². The van der Waals surface area contributed by atoms with Gasteiger partial charge in [0.1, 0.15) is 0 Å². The van der Waals surface area contributed by atoms with E-state index >= 15 is 0 Å². The zero-order valence-electron chi connectivity index (χ0n) is 47.8. The highest BCUT2D eigenvalue weighted by molar-refractivity contribution is 6.93. The second kappa shape index (κ2) is 18.4. The molecule has 2 heterocycles. The van der Waals surface area contributed by atoms with Crippen molar-refractivity contribution in [3.8, 4) is 44.5 Å². The van der Waals surface area contributed by atoms with Crippen LogP contribution in [-0.2, 0) is 21.7 Å². The summed E-state index contributed by atoms with van der Waals surface area (Å²) in [7, 11) is 0. The fourth-order valence-electron chi connectivity index (χ4n) is 12.9. The van der Waals surface area contributed by atoms with Crippen molar-refractivity contribution >= 4 is 63.3 Å². The number of benzene rings is 10. The van der Waals surface area contributed by atoms with Crippen molar-refractivity contribution in [1.29, 1.82) is 0 Å². The molecule has 0 fully saturated rings. The highest BCUT2D eigenvalue weighted by Crippen LogP contribution is 2.56. The quantitative estimate of drug-likeness (QED) is 0.147. The van der Waals surface area contributed by atoms with Crippen LogP contribution in [0.4, 0.5) is 45.5 Å². The van der Waals surface area contributed by atoms with E-state index < -0.39 is 0 Å². The molecule has 0 amide bonds. The van der Waals surface area contributed by atoms with Crippen LogP contribution in [0.1, 0.15) is 104 Å². The zero-order valence-corrected chi connectivity index (χ0v) is 47.8. The Kier molecular flexibility index (Phi) is 11.7.